The third kappa shape index (κ3) is 4.56. The summed E-state index contributed by atoms with van der Waals surface area (Å²) in [6.07, 6.45) is 0.700. The lowest BCUT2D eigenvalue weighted by molar-refractivity contribution is 0.0953. The van der Waals surface area contributed by atoms with Crippen molar-refractivity contribution in [2.45, 2.75) is 6.42 Å². The van der Waals surface area contributed by atoms with E-state index in [-0.39, 0.29) is 11.7 Å². The van der Waals surface area contributed by atoms with Gasteiger partial charge in [-0.3, -0.25) is 4.79 Å². The minimum atomic E-state index is -0.368. The minimum Gasteiger partial charge on any atom is -0.370 e. The van der Waals surface area contributed by atoms with Gasteiger partial charge in [0.1, 0.15) is 23.4 Å². The van der Waals surface area contributed by atoms with Crippen LogP contribution in [0.4, 0.5) is 10.2 Å². The molecule has 0 saturated heterocycles. The molecular formula is C16H15FN4O. The molecule has 1 amide bonds. The summed E-state index contributed by atoms with van der Waals surface area (Å²) >= 11 is 0. The number of rotatable bonds is 6. The summed E-state index contributed by atoms with van der Waals surface area (Å²) in [6.45, 7) is 1.10. The number of nitrogens with one attached hydrogen (secondary N) is 2. The number of amides is 1. The fourth-order valence-electron chi connectivity index (χ4n) is 1.81. The van der Waals surface area contributed by atoms with Crippen LogP contribution in [0.2, 0.25) is 0 Å². The molecule has 0 unspecified atom stereocenters. The lowest BCUT2D eigenvalue weighted by atomic mass is 10.2. The molecule has 5 nitrogen and oxygen atoms in total. The molecular weight excluding hydrogens is 283 g/mol. The van der Waals surface area contributed by atoms with E-state index in [0.717, 1.165) is 0 Å². The van der Waals surface area contributed by atoms with Crippen LogP contribution >= 0.6 is 0 Å². The number of halogens is 1. The van der Waals surface area contributed by atoms with Gasteiger partial charge in [0.25, 0.3) is 5.91 Å². The molecule has 0 atom stereocenters. The Morgan fingerprint density at radius 3 is 2.68 bits per heavy atom. The second-order valence-electron chi connectivity index (χ2n) is 4.56. The lowest BCUT2D eigenvalue weighted by Gasteiger charge is -2.07. The van der Waals surface area contributed by atoms with Crippen molar-refractivity contribution in [2.24, 2.45) is 0 Å². The highest BCUT2D eigenvalue weighted by Crippen LogP contribution is 2.04. The van der Waals surface area contributed by atoms with Gasteiger partial charge in [-0.05, 0) is 42.8 Å². The first-order chi connectivity index (χ1) is 10.7. The van der Waals surface area contributed by atoms with Crippen molar-refractivity contribution in [3.8, 4) is 6.07 Å². The van der Waals surface area contributed by atoms with Gasteiger partial charge >= 0.3 is 0 Å². The number of anilines is 1. The second-order valence-corrected chi connectivity index (χ2v) is 4.56. The smallest absolute Gasteiger partial charge is 0.251 e. The first kappa shape index (κ1) is 15.4. The predicted molar refractivity (Wildman–Crippen MR) is 80.8 cm³/mol. The van der Waals surface area contributed by atoms with E-state index in [0.29, 0.717) is 36.6 Å². The maximum atomic E-state index is 12.8. The first-order valence-corrected chi connectivity index (χ1v) is 6.84. The monoisotopic (exact) mass is 298 g/mol. The molecule has 112 valence electrons. The summed E-state index contributed by atoms with van der Waals surface area (Å²) < 4.78 is 12.8. The third-order valence-electron chi connectivity index (χ3n) is 2.92. The van der Waals surface area contributed by atoms with Crippen molar-refractivity contribution in [1.29, 1.82) is 5.26 Å². The Kier molecular flexibility index (Phi) is 5.44. The highest BCUT2D eigenvalue weighted by Gasteiger charge is 2.04. The zero-order chi connectivity index (χ0) is 15.8. The van der Waals surface area contributed by atoms with Gasteiger partial charge in [0.05, 0.1) is 0 Å². The normalized spacial score (nSPS) is 9.82. The van der Waals surface area contributed by atoms with Crippen molar-refractivity contribution >= 4 is 11.7 Å². The quantitative estimate of drug-likeness (QED) is 0.802. The summed E-state index contributed by atoms with van der Waals surface area (Å²) in [5.74, 6) is 0.0290. The highest BCUT2D eigenvalue weighted by atomic mass is 19.1. The van der Waals surface area contributed by atoms with Crippen LogP contribution in [0.15, 0.2) is 42.5 Å². The number of benzene rings is 1. The standard InChI is InChI=1S/C16H15FN4O/c17-13-7-5-12(6-8-13)16(22)20-10-2-9-19-15-4-1-3-14(11-18)21-15/h1,3-8H,2,9-10H2,(H,19,21)(H,20,22). The van der Waals surface area contributed by atoms with Gasteiger partial charge in [0, 0.05) is 18.7 Å². The summed E-state index contributed by atoms with van der Waals surface area (Å²) in [7, 11) is 0. The molecule has 0 radical (unpaired) electrons. The molecule has 0 saturated carbocycles. The van der Waals surface area contributed by atoms with Crippen LogP contribution in [0, 0.1) is 17.1 Å². The van der Waals surface area contributed by atoms with E-state index in [1.54, 1.807) is 18.2 Å². The van der Waals surface area contributed by atoms with Gasteiger partial charge in [0.15, 0.2) is 0 Å². The van der Waals surface area contributed by atoms with E-state index in [1.165, 1.54) is 24.3 Å². The molecule has 1 aromatic heterocycles. The maximum absolute atomic E-state index is 12.8. The zero-order valence-corrected chi connectivity index (χ0v) is 11.8. The molecule has 0 aliphatic heterocycles. The van der Waals surface area contributed by atoms with Crippen molar-refractivity contribution in [1.82, 2.24) is 10.3 Å². The third-order valence-corrected chi connectivity index (χ3v) is 2.92. The van der Waals surface area contributed by atoms with E-state index in [9.17, 15) is 9.18 Å². The molecule has 2 N–H and O–H groups in total. The molecule has 0 aliphatic rings. The Bertz CT molecular complexity index is 679. The molecule has 0 aliphatic carbocycles. The van der Waals surface area contributed by atoms with Gasteiger partial charge in [-0.15, -0.1) is 0 Å². The Morgan fingerprint density at radius 2 is 1.95 bits per heavy atom. The summed E-state index contributed by atoms with van der Waals surface area (Å²) in [4.78, 5) is 15.9. The summed E-state index contributed by atoms with van der Waals surface area (Å²) in [5, 5.41) is 14.6. The molecule has 1 heterocycles. The second kappa shape index (κ2) is 7.74. The largest absolute Gasteiger partial charge is 0.370 e. The molecule has 2 aromatic rings. The Hall–Kier alpha value is -2.94. The summed E-state index contributed by atoms with van der Waals surface area (Å²) in [6, 6.07) is 12.5. The lowest BCUT2D eigenvalue weighted by Crippen LogP contribution is -2.25. The highest BCUT2D eigenvalue weighted by molar-refractivity contribution is 5.94. The van der Waals surface area contributed by atoms with Gasteiger partial charge < -0.3 is 10.6 Å². The van der Waals surface area contributed by atoms with Crippen LogP contribution in [0.1, 0.15) is 22.5 Å². The summed E-state index contributed by atoms with van der Waals surface area (Å²) in [5.41, 5.74) is 0.785. The number of aromatic nitrogens is 1. The number of nitrogens with zero attached hydrogens (tertiary/aromatic N) is 2. The molecule has 2 rings (SSSR count). The average Bonchev–Trinajstić information content (AvgIpc) is 2.55. The van der Waals surface area contributed by atoms with E-state index in [1.807, 2.05) is 6.07 Å². The molecule has 1 aromatic carbocycles. The molecule has 0 spiro atoms. The van der Waals surface area contributed by atoms with Crippen molar-refractivity contribution in [2.75, 3.05) is 18.4 Å². The number of hydrogen-bond donors (Lipinski definition) is 2. The van der Waals surface area contributed by atoms with Crippen LogP contribution in [0.25, 0.3) is 0 Å². The Morgan fingerprint density at radius 1 is 1.18 bits per heavy atom. The van der Waals surface area contributed by atoms with E-state index in [2.05, 4.69) is 15.6 Å². The maximum Gasteiger partial charge on any atom is 0.251 e. The van der Waals surface area contributed by atoms with Crippen molar-refractivity contribution in [3.63, 3.8) is 0 Å². The van der Waals surface area contributed by atoms with E-state index >= 15 is 0 Å². The van der Waals surface area contributed by atoms with Crippen LogP contribution < -0.4 is 10.6 Å². The van der Waals surface area contributed by atoms with Crippen LogP contribution in [-0.4, -0.2) is 24.0 Å². The van der Waals surface area contributed by atoms with Crippen LogP contribution in [-0.2, 0) is 0 Å². The van der Waals surface area contributed by atoms with Crippen LogP contribution in [0.5, 0.6) is 0 Å². The number of hydrogen-bond acceptors (Lipinski definition) is 4. The Balaban J connectivity index is 1.70. The molecule has 0 fully saturated rings. The molecule has 6 heteroatoms. The first-order valence-electron chi connectivity index (χ1n) is 6.84. The van der Waals surface area contributed by atoms with E-state index in [4.69, 9.17) is 5.26 Å². The van der Waals surface area contributed by atoms with Gasteiger partial charge in [-0.1, -0.05) is 6.07 Å². The zero-order valence-electron chi connectivity index (χ0n) is 11.8. The Labute approximate surface area is 127 Å². The SMILES string of the molecule is N#Cc1cccc(NCCCNC(=O)c2ccc(F)cc2)n1. The number of carbonyl (C=O) groups is 1. The van der Waals surface area contributed by atoms with Crippen molar-refractivity contribution in [3.05, 3.63) is 59.5 Å². The number of pyridine rings is 1. The predicted octanol–water partition coefficient (Wildman–Crippen LogP) is 2.32. The topological polar surface area (TPSA) is 77.8 Å². The number of carbonyl (C=O) groups excluding carboxylic acids is 1. The van der Waals surface area contributed by atoms with Gasteiger partial charge in [-0.25, -0.2) is 9.37 Å². The number of nitriles is 1. The van der Waals surface area contributed by atoms with Gasteiger partial charge in [0.2, 0.25) is 0 Å². The fraction of sp³-hybridized carbons (Fsp3) is 0.188. The average molecular weight is 298 g/mol. The van der Waals surface area contributed by atoms with Gasteiger partial charge in [-0.2, -0.15) is 5.26 Å². The van der Waals surface area contributed by atoms with Crippen LogP contribution in [0.3, 0.4) is 0 Å². The van der Waals surface area contributed by atoms with Crippen molar-refractivity contribution < 1.29 is 9.18 Å². The van der Waals surface area contributed by atoms with E-state index < -0.39 is 0 Å². The molecule has 0 bridgehead atoms. The fourth-order valence-corrected chi connectivity index (χ4v) is 1.81. The molecule has 22 heavy (non-hydrogen) atoms. The minimum absolute atomic E-state index is 0.232.